The maximum atomic E-state index is 10.2. The van der Waals surface area contributed by atoms with Crippen molar-refractivity contribution in [1.82, 2.24) is 0 Å². The van der Waals surface area contributed by atoms with Crippen LogP contribution in [0.1, 0.15) is 13.8 Å². The van der Waals surface area contributed by atoms with E-state index in [1.54, 1.807) is 11.1 Å². The molecule has 0 fully saturated rings. The highest BCUT2D eigenvalue weighted by Crippen LogP contribution is 1.97. The van der Waals surface area contributed by atoms with E-state index in [2.05, 4.69) is 20.7 Å². The molecule has 0 heterocycles. The fourth-order valence-corrected chi connectivity index (χ4v) is 0.732. The molecule has 0 saturated carbocycles. The lowest BCUT2D eigenvalue weighted by molar-refractivity contribution is -0.135. The molecule has 0 radical (unpaired) electrons. The van der Waals surface area contributed by atoms with Crippen LogP contribution in [-0.4, -0.2) is 5.97 Å². The molecular weight excluding hydrogens is 196 g/mol. The second kappa shape index (κ2) is 5.23. The maximum Gasteiger partial charge on any atom is 0.307 e. The molecule has 10 heavy (non-hydrogen) atoms. The molecular formula is C7H9BrO2. The van der Waals surface area contributed by atoms with Crippen LogP contribution in [-0.2, 0) is 9.53 Å². The molecule has 0 aliphatic heterocycles. The van der Waals surface area contributed by atoms with Crippen molar-refractivity contribution in [2.75, 3.05) is 0 Å². The van der Waals surface area contributed by atoms with Crippen LogP contribution in [0.3, 0.4) is 0 Å². The van der Waals surface area contributed by atoms with E-state index < -0.39 is 0 Å². The number of allylic oxidation sites excluding steroid dienone is 2. The fourth-order valence-electron chi connectivity index (χ4n) is 0.315. The molecule has 0 N–H and O–H groups in total. The van der Waals surface area contributed by atoms with E-state index in [4.69, 9.17) is 0 Å². The first-order valence-corrected chi connectivity index (χ1v) is 3.69. The van der Waals surface area contributed by atoms with Crippen molar-refractivity contribution in [2.45, 2.75) is 13.8 Å². The summed E-state index contributed by atoms with van der Waals surface area (Å²) in [5.41, 5.74) is 0.882. The number of hydrogen-bond donors (Lipinski definition) is 0. The van der Waals surface area contributed by atoms with Gasteiger partial charge in [-0.15, -0.1) is 0 Å². The van der Waals surface area contributed by atoms with Gasteiger partial charge in [0.15, 0.2) is 0 Å². The van der Waals surface area contributed by atoms with Gasteiger partial charge in [-0.1, -0.05) is 15.9 Å². The number of carbonyl (C=O) groups is 1. The predicted molar refractivity (Wildman–Crippen MR) is 43.6 cm³/mol. The number of rotatable bonds is 2. The largest absolute Gasteiger partial charge is 0.434 e. The molecule has 56 valence electrons. The van der Waals surface area contributed by atoms with Crippen LogP contribution in [0.4, 0.5) is 0 Å². The highest BCUT2D eigenvalue weighted by atomic mass is 79.9. The third kappa shape index (κ3) is 5.56. The molecule has 0 saturated heterocycles. The van der Waals surface area contributed by atoms with Gasteiger partial charge in [0.2, 0.25) is 0 Å². The Morgan fingerprint density at radius 2 is 2.10 bits per heavy atom. The molecule has 0 aromatic heterocycles. The highest BCUT2D eigenvalue weighted by molar-refractivity contribution is 9.11. The fraction of sp³-hybridized carbons (Fsp3) is 0.286. The third-order valence-corrected chi connectivity index (χ3v) is 1.00. The highest BCUT2D eigenvalue weighted by Gasteiger charge is 1.86. The van der Waals surface area contributed by atoms with Gasteiger partial charge >= 0.3 is 5.97 Å². The zero-order chi connectivity index (χ0) is 7.98. The van der Waals surface area contributed by atoms with E-state index in [9.17, 15) is 4.79 Å². The number of hydrogen-bond acceptors (Lipinski definition) is 2. The van der Waals surface area contributed by atoms with Crippen molar-refractivity contribution in [3.63, 3.8) is 0 Å². The summed E-state index contributed by atoms with van der Waals surface area (Å²) in [7, 11) is 0. The average molecular weight is 205 g/mol. The minimum atomic E-state index is -0.303. The Bertz CT molecular complexity index is 170. The second-order valence-corrected chi connectivity index (χ2v) is 2.29. The van der Waals surface area contributed by atoms with E-state index in [1.807, 2.05) is 6.92 Å². The zero-order valence-electron chi connectivity index (χ0n) is 5.93. The van der Waals surface area contributed by atoms with E-state index >= 15 is 0 Å². The Morgan fingerprint density at radius 1 is 1.50 bits per heavy atom. The molecule has 0 unspecified atom stereocenters. The van der Waals surface area contributed by atoms with Gasteiger partial charge in [0.1, 0.15) is 0 Å². The summed E-state index contributed by atoms with van der Waals surface area (Å²) >= 11 is 3.10. The van der Waals surface area contributed by atoms with Crippen LogP contribution in [0.5, 0.6) is 0 Å². The number of esters is 1. The van der Waals surface area contributed by atoms with Crippen molar-refractivity contribution in [1.29, 1.82) is 0 Å². The zero-order valence-corrected chi connectivity index (χ0v) is 7.51. The Labute approximate surface area is 68.7 Å². The summed E-state index contributed by atoms with van der Waals surface area (Å²) < 4.78 is 4.58. The van der Waals surface area contributed by atoms with Crippen LogP contribution >= 0.6 is 15.9 Å². The normalized spacial score (nSPS) is 12.1. The quantitative estimate of drug-likeness (QED) is 0.393. The van der Waals surface area contributed by atoms with Gasteiger partial charge < -0.3 is 4.74 Å². The van der Waals surface area contributed by atoms with E-state index in [0.717, 1.165) is 5.57 Å². The first-order valence-electron chi connectivity index (χ1n) is 2.77. The summed E-state index contributed by atoms with van der Waals surface area (Å²) in [5.74, 6) is -0.303. The SMILES string of the molecule is CC(=O)O/C=C(C)/C=C/Br. The van der Waals surface area contributed by atoms with Crippen molar-refractivity contribution >= 4 is 21.9 Å². The Kier molecular flexibility index (Phi) is 4.94. The van der Waals surface area contributed by atoms with Crippen molar-refractivity contribution in [3.05, 3.63) is 22.9 Å². The summed E-state index contributed by atoms with van der Waals surface area (Å²) in [5, 5.41) is 0. The average Bonchev–Trinajstić information content (AvgIpc) is 1.85. The van der Waals surface area contributed by atoms with Crippen molar-refractivity contribution < 1.29 is 9.53 Å². The van der Waals surface area contributed by atoms with Crippen LogP contribution in [0.2, 0.25) is 0 Å². The summed E-state index contributed by atoms with van der Waals surface area (Å²) in [6.45, 7) is 3.20. The summed E-state index contributed by atoms with van der Waals surface area (Å²) in [4.78, 5) is 11.9. The molecule has 0 rings (SSSR count). The van der Waals surface area contributed by atoms with E-state index in [-0.39, 0.29) is 5.97 Å². The minimum Gasteiger partial charge on any atom is -0.434 e. The lowest BCUT2D eigenvalue weighted by Crippen LogP contribution is -1.90. The van der Waals surface area contributed by atoms with Crippen LogP contribution < -0.4 is 0 Å². The topological polar surface area (TPSA) is 26.3 Å². The second-order valence-electron chi connectivity index (χ2n) is 1.76. The van der Waals surface area contributed by atoms with Crippen LogP contribution in [0, 0.1) is 0 Å². The summed E-state index contributed by atoms with van der Waals surface area (Å²) in [6, 6.07) is 0. The van der Waals surface area contributed by atoms with Gasteiger partial charge in [-0.2, -0.15) is 0 Å². The monoisotopic (exact) mass is 204 g/mol. The molecule has 0 aliphatic carbocycles. The van der Waals surface area contributed by atoms with Gasteiger partial charge in [0.25, 0.3) is 0 Å². The molecule has 0 bridgehead atoms. The van der Waals surface area contributed by atoms with Gasteiger partial charge in [-0.3, -0.25) is 4.79 Å². The lowest BCUT2D eigenvalue weighted by Gasteiger charge is -1.91. The minimum absolute atomic E-state index is 0.303. The molecule has 0 atom stereocenters. The molecule has 3 heteroatoms. The molecule has 0 aromatic rings. The standard InChI is InChI=1S/C7H9BrO2/c1-6(3-4-8)5-10-7(2)9/h3-5H,1-2H3/b4-3+,6-5+. The Hall–Kier alpha value is -0.570. The smallest absolute Gasteiger partial charge is 0.307 e. The first-order chi connectivity index (χ1) is 4.66. The summed E-state index contributed by atoms with van der Waals surface area (Å²) in [6.07, 6.45) is 3.18. The van der Waals surface area contributed by atoms with Gasteiger partial charge in [-0.25, -0.2) is 0 Å². The van der Waals surface area contributed by atoms with Crippen molar-refractivity contribution in [3.8, 4) is 0 Å². The van der Waals surface area contributed by atoms with Gasteiger partial charge in [0, 0.05) is 6.92 Å². The third-order valence-electron chi connectivity index (χ3n) is 0.737. The van der Waals surface area contributed by atoms with Gasteiger partial charge in [-0.05, 0) is 23.6 Å². The number of halogens is 1. The van der Waals surface area contributed by atoms with E-state index in [1.165, 1.54) is 13.2 Å². The van der Waals surface area contributed by atoms with E-state index in [0.29, 0.717) is 0 Å². The molecule has 0 aromatic carbocycles. The molecule has 0 aliphatic rings. The molecule has 2 nitrogen and oxygen atoms in total. The molecule has 0 amide bonds. The van der Waals surface area contributed by atoms with Crippen LogP contribution in [0.15, 0.2) is 22.9 Å². The van der Waals surface area contributed by atoms with Gasteiger partial charge in [0.05, 0.1) is 6.26 Å². The van der Waals surface area contributed by atoms with Crippen molar-refractivity contribution in [2.24, 2.45) is 0 Å². The number of carbonyl (C=O) groups excluding carboxylic acids is 1. The maximum absolute atomic E-state index is 10.2. The first kappa shape index (κ1) is 9.43. The Morgan fingerprint density at radius 3 is 2.50 bits per heavy atom. The molecule has 0 spiro atoms. The Balaban J connectivity index is 3.80. The number of ether oxygens (including phenoxy) is 1. The lowest BCUT2D eigenvalue weighted by atomic mass is 10.3. The predicted octanol–water partition coefficient (Wildman–Crippen LogP) is 2.36. The van der Waals surface area contributed by atoms with Crippen LogP contribution in [0.25, 0.3) is 0 Å².